The molecule has 3 aliphatic rings. The summed E-state index contributed by atoms with van der Waals surface area (Å²) < 4.78 is 1.66. The molecule has 3 saturated heterocycles. The van der Waals surface area contributed by atoms with Crippen molar-refractivity contribution < 1.29 is 0 Å². The van der Waals surface area contributed by atoms with Gasteiger partial charge >= 0.3 is 0 Å². The van der Waals surface area contributed by atoms with Crippen LogP contribution < -0.4 is 20.7 Å². The number of nitrogens with one attached hydrogen (secondary N) is 1. The maximum absolute atomic E-state index is 12.8. The van der Waals surface area contributed by atoms with E-state index >= 15 is 0 Å². The first-order valence-corrected chi connectivity index (χ1v) is 14.2. The van der Waals surface area contributed by atoms with E-state index in [2.05, 4.69) is 49.3 Å². The largest absolute Gasteiger partial charge is 0.371 e. The van der Waals surface area contributed by atoms with Gasteiger partial charge in [0.2, 0.25) is 5.95 Å². The average molecular weight is 514 g/mol. The molecule has 5 heterocycles. The quantitative estimate of drug-likeness (QED) is 0.561. The smallest absolute Gasteiger partial charge is 0.255 e. The molecule has 1 atom stereocenters. The van der Waals surface area contributed by atoms with Crippen LogP contribution in [0.25, 0.3) is 11.3 Å². The molecule has 0 aliphatic carbocycles. The Balaban J connectivity index is 1.12. The predicted molar refractivity (Wildman–Crippen MR) is 153 cm³/mol. The lowest BCUT2D eigenvalue weighted by molar-refractivity contribution is 0.141. The number of pyridine rings is 1. The first-order chi connectivity index (χ1) is 18.7. The molecule has 8 nitrogen and oxygen atoms in total. The Hall–Kier alpha value is -3.23. The molecule has 0 amide bonds. The lowest BCUT2D eigenvalue weighted by Gasteiger charge is -2.41. The Morgan fingerprint density at radius 1 is 0.868 bits per heavy atom. The van der Waals surface area contributed by atoms with E-state index in [1.54, 1.807) is 30.1 Å². The van der Waals surface area contributed by atoms with Crippen LogP contribution in [0, 0.1) is 0 Å². The molecule has 0 radical (unpaired) electrons. The van der Waals surface area contributed by atoms with E-state index < -0.39 is 0 Å². The van der Waals surface area contributed by atoms with Crippen molar-refractivity contribution in [1.29, 1.82) is 0 Å². The van der Waals surface area contributed by atoms with Crippen molar-refractivity contribution in [3.8, 4) is 11.3 Å². The third kappa shape index (κ3) is 5.33. The average Bonchev–Trinajstić information content (AvgIpc) is 2.99. The van der Waals surface area contributed by atoms with Gasteiger partial charge in [0.05, 0.1) is 5.69 Å². The minimum atomic E-state index is -0.0506. The topological polar surface area (TPSA) is 69.5 Å². The van der Waals surface area contributed by atoms with Crippen LogP contribution >= 0.6 is 0 Å². The second-order valence-electron chi connectivity index (χ2n) is 10.9. The van der Waals surface area contributed by atoms with Crippen molar-refractivity contribution in [2.75, 3.05) is 55.6 Å². The highest BCUT2D eigenvalue weighted by molar-refractivity contribution is 5.59. The van der Waals surface area contributed by atoms with Gasteiger partial charge in [-0.25, -0.2) is 4.98 Å². The van der Waals surface area contributed by atoms with E-state index in [1.807, 2.05) is 12.1 Å². The van der Waals surface area contributed by atoms with Crippen LogP contribution in [0.3, 0.4) is 0 Å². The molecule has 6 rings (SSSR count). The Morgan fingerprint density at radius 2 is 1.61 bits per heavy atom. The van der Waals surface area contributed by atoms with Crippen LogP contribution in [0.1, 0.15) is 43.7 Å². The monoisotopic (exact) mass is 513 g/mol. The van der Waals surface area contributed by atoms with Crippen LogP contribution in [0.5, 0.6) is 0 Å². The van der Waals surface area contributed by atoms with Gasteiger partial charge in [-0.15, -0.1) is 0 Å². The van der Waals surface area contributed by atoms with Gasteiger partial charge in [-0.05, 0) is 68.6 Å². The molecule has 3 aromatic rings. The third-order valence-corrected chi connectivity index (χ3v) is 8.58. The van der Waals surface area contributed by atoms with Gasteiger partial charge in [0.25, 0.3) is 5.56 Å². The summed E-state index contributed by atoms with van der Waals surface area (Å²) in [6, 6.07) is 15.5. The molecule has 0 unspecified atom stereocenters. The van der Waals surface area contributed by atoms with E-state index in [9.17, 15) is 4.79 Å². The number of rotatable bonds is 5. The third-order valence-electron chi connectivity index (χ3n) is 8.58. The highest BCUT2D eigenvalue weighted by Crippen LogP contribution is 2.28. The second kappa shape index (κ2) is 11.3. The van der Waals surface area contributed by atoms with E-state index in [0.717, 1.165) is 44.3 Å². The Bertz CT molecular complexity index is 1260. The fourth-order valence-corrected chi connectivity index (χ4v) is 6.33. The van der Waals surface area contributed by atoms with Crippen molar-refractivity contribution in [2.24, 2.45) is 7.05 Å². The van der Waals surface area contributed by atoms with Crippen molar-refractivity contribution in [3.63, 3.8) is 0 Å². The maximum Gasteiger partial charge on any atom is 0.255 e. The molecule has 0 saturated carbocycles. The summed E-state index contributed by atoms with van der Waals surface area (Å²) in [5, 5.41) is 3.67. The standard InChI is InChI=1S/C30H39N7O/c1-34-29(38)21-27(24-9-13-31-14-10-24)33-30(34)37-20-15-32-28(22-37)23-5-7-25(8-6-23)36-18-11-26(12-19-36)35-16-3-2-4-17-35/h5-10,13-14,21,26,28,32H,2-4,11-12,15-20,22H2,1H3/t28-/m1/s1. The number of piperidine rings is 2. The number of hydrogen-bond acceptors (Lipinski definition) is 7. The van der Waals surface area contributed by atoms with E-state index in [1.165, 1.54) is 56.4 Å². The number of anilines is 2. The zero-order valence-corrected chi connectivity index (χ0v) is 22.4. The van der Waals surface area contributed by atoms with Gasteiger partial charge in [0.15, 0.2) is 0 Å². The molecular formula is C30H39N7O. The Morgan fingerprint density at radius 3 is 2.34 bits per heavy atom. The fourth-order valence-electron chi connectivity index (χ4n) is 6.33. The van der Waals surface area contributed by atoms with Gasteiger partial charge in [-0.3, -0.25) is 14.3 Å². The molecule has 8 heteroatoms. The molecule has 200 valence electrons. The van der Waals surface area contributed by atoms with Crippen molar-refractivity contribution in [3.05, 3.63) is 70.8 Å². The first kappa shape index (κ1) is 25.1. The molecule has 0 spiro atoms. The number of likely N-dealkylation sites (tertiary alicyclic amines) is 1. The molecule has 1 N–H and O–H groups in total. The number of piperazine rings is 1. The second-order valence-corrected chi connectivity index (χ2v) is 10.9. The summed E-state index contributed by atoms with van der Waals surface area (Å²) in [7, 11) is 1.81. The van der Waals surface area contributed by atoms with Crippen LogP contribution in [-0.4, -0.2) is 71.3 Å². The molecule has 1 aromatic carbocycles. The van der Waals surface area contributed by atoms with Crippen LogP contribution in [0.15, 0.2) is 59.7 Å². The number of hydrogen-bond donors (Lipinski definition) is 1. The Labute approximate surface area is 225 Å². The first-order valence-electron chi connectivity index (χ1n) is 14.2. The summed E-state index contributed by atoms with van der Waals surface area (Å²) in [6.07, 6.45) is 10.1. The minimum Gasteiger partial charge on any atom is -0.371 e. The van der Waals surface area contributed by atoms with Gasteiger partial charge in [-0.2, -0.15) is 0 Å². The highest BCUT2D eigenvalue weighted by Gasteiger charge is 2.27. The lowest BCUT2D eigenvalue weighted by atomic mass is 9.99. The molecule has 3 fully saturated rings. The SMILES string of the molecule is Cn1c(N2CCN[C@@H](c3ccc(N4CCC(N5CCCCC5)CC4)cc3)C2)nc(-c2ccncc2)cc1=O. The summed E-state index contributed by atoms with van der Waals surface area (Å²) in [5.41, 5.74) is 4.14. The molecular weight excluding hydrogens is 474 g/mol. The van der Waals surface area contributed by atoms with Crippen molar-refractivity contribution in [2.45, 2.75) is 44.2 Å². The summed E-state index contributed by atoms with van der Waals surface area (Å²) in [5.74, 6) is 0.712. The summed E-state index contributed by atoms with van der Waals surface area (Å²) in [4.78, 5) is 29.3. The highest BCUT2D eigenvalue weighted by atomic mass is 16.1. The lowest BCUT2D eigenvalue weighted by Crippen LogP contribution is -2.48. The van der Waals surface area contributed by atoms with Crippen LogP contribution in [0.4, 0.5) is 11.6 Å². The fraction of sp³-hybridized carbons (Fsp3) is 0.500. The van der Waals surface area contributed by atoms with Crippen molar-refractivity contribution >= 4 is 11.6 Å². The number of aromatic nitrogens is 3. The van der Waals surface area contributed by atoms with Crippen molar-refractivity contribution in [1.82, 2.24) is 24.8 Å². The molecule has 0 bridgehead atoms. The molecule has 3 aliphatic heterocycles. The molecule has 2 aromatic heterocycles. The van der Waals surface area contributed by atoms with Crippen LogP contribution in [0.2, 0.25) is 0 Å². The van der Waals surface area contributed by atoms with E-state index in [4.69, 9.17) is 4.98 Å². The maximum atomic E-state index is 12.8. The van der Waals surface area contributed by atoms with Gasteiger partial charge < -0.3 is 20.0 Å². The minimum absolute atomic E-state index is 0.0506. The molecule has 38 heavy (non-hydrogen) atoms. The Kier molecular flexibility index (Phi) is 7.42. The summed E-state index contributed by atoms with van der Waals surface area (Å²) >= 11 is 0. The number of benzene rings is 1. The van der Waals surface area contributed by atoms with Gasteiger partial charge in [0, 0.05) is 81.6 Å². The zero-order valence-electron chi connectivity index (χ0n) is 22.4. The van der Waals surface area contributed by atoms with Crippen LogP contribution in [-0.2, 0) is 7.05 Å². The van der Waals surface area contributed by atoms with Gasteiger partial charge in [-0.1, -0.05) is 18.6 Å². The van der Waals surface area contributed by atoms with E-state index in [-0.39, 0.29) is 11.6 Å². The number of nitrogens with zero attached hydrogens (tertiary/aromatic N) is 6. The van der Waals surface area contributed by atoms with E-state index in [0.29, 0.717) is 11.6 Å². The normalized spacial score (nSPS) is 21.6. The predicted octanol–water partition coefficient (Wildman–Crippen LogP) is 3.45. The zero-order chi connectivity index (χ0) is 25.9. The van der Waals surface area contributed by atoms with Gasteiger partial charge in [0.1, 0.15) is 0 Å². The summed E-state index contributed by atoms with van der Waals surface area (Å²) in [6.45, 7) is 7.28.